The molecule has 5 heteroatoms. The minimum atomic E-state index is 0.582. The summed E-state index contributed by atoms with van der Waals surface area (Å²) < 4.78 is 0. The van der Waals surface area contributed by atoms with Crippen molar-refractivity contribution in [2.45, 2.75) is 9.92 Å². The SMILES string of the molecule is CNc1ncnc(Sc2ccccc2)c1N. The van der Waals surface area contributed by atoms with E-state index in [0.717, 1.165) is 9.92 Å². The molecule has 0 saturated carbocycles. The largest absolute Gasteiger partial charge is 0.394 e. The second-order valence-electron chi connectivity index (χ2n) is 3.11. The number of rotatable bonds is 3. The third-order valence-electron chi connectivity index (χ3n) is 2.04. The van der Waals surface area contributed by atoms with Crippen LogP contribution in [0.1, 0.15) is 0 Å². The van der Waals surface area contributed by atoms with Crippen LogP contribution in [0, 0.1) is 0 Å². The van der Waals surface area contributed by atoms with E-state index in [1.165, 1.54) is 18.1 Å². The van der Waals surface area contributed by atoms with Gasteiger partial charge in [-0.2, -0.15) is 0 Å². The first kappa shape index (κ1) is 10.8. The van der Waals surface area contributed by atoms with Gasteiger partial charge in [-0.3, -0.25) is 0 Å². The molecule has 82 valence electrons. The number of nitrogens with two attached hydrogens (primary N) is 1. The molecule has 2 aromatic rings. The summed E-state index contributed by atoms with van der Waals surface area (Å²) in [7, 11) is 1.79. The summed E-state index contributed by atoms with van der Waals surface area (Å²) in [6, 6.07) is 9.99. The average molecular weight is 232 g/mol. The van der Waals surface area contributed by atoms with Gasteiger partial charge in [0, 0.05) is 11.9 Å². The number of anilines is 2. The molecule has 16 heavy (non-hydrogen) atoms. The zero-order chi connectivity index (χ0) is 11.4. The molecule has 0 atom stereocenters. The number of nitrogens with zero attached hydrogens (tertiary/aromatic N) is 2. The molecule has 1 heterocycles. The lowest BCUT2D eigenvalue weighted by Gasteiger charge is -2.07. The Kier molecular flexibility index (Phi) is 3.26. The molecule has 0 aliphatic carbocycles. The Hall–Kier alpha value is -1.75. The van der Waals surface area contributed by atoms with Gasteiger partial charge in [0.2, 0.25) is 0 Å². The lowest BCUT2D eigenvalue weighted by atomic mass is 10.4. The molecule has 0 saturated heterocycles. The molecule has 0 aliphatic heterocycles. The van der Waals surface area contributed by atoms with Gasteiger partial charge in [0.25, 0.3) is 0 Å². The molecule has 0 amide bonds. The highest BCUT2D eigenvalue weighted by Gasteiger charge is 2.07. The smallest absolute Gasteiger partial charge is 0.153 e. The lowest BCUT2D eigenvalue weighted by Crippen LogP contribution is -2.01. The monoisotopic (exact) mass is 232 g/mol. The van der Waals surface area contributed by atoms with Crippen LogP contribution in [0.15, 0.2) is 46.6 Å². The van der Waals surface area contributed by atoms with Crippen LogP contribution in [0.2, 0.25) is 0 Å². The molecule has 0 radical (unpaired) electrons. The molecular weight excluding hydrogens is 220 g/mol. The first-order valence-electron chi connectivity index (χ1n) is 4.82. The molecule has 1 aromatic heterocycles. The van der Waals surface area contributed by atoms with Crippen LogP contribution in [0.5, 0.6) is 0 Å². The minimum absolute atomic E-state index is 0.582. The van der Waals surface area contributed by atoms with Gasteiger partial charge >= 0.3 is 0 Å². The van der Waals surface area contributed by atoms with E-state index in [1.807, 2.05) is 30.3 Å². The number of nitrogens with one attached hydrogen (secondary N) is 1. The zero-order valence-electron chi connectivity index (χ0n) is 8.84. The van der Waals surface area contributed by atoms with Gasteiger partial charge in [0.1, 0.15) is 17.0 Å². The molecule has 1 aromatic carbocycles. The van der Waals surface area contributed by atoms with E-state index in [4.69, 9.17) is 5.73 Å². The van der Waals surface area contributed by atoms with Crippen LogP contribution in [-0.2, 0) is 0 Å². The fourth-order valence-corrected chi connectivity index (χ4v) is 2.08. The Bertz CT molecular complexity index is 473. The second-order valence-corrected chi connectivity index (χ2v) is 4.17. The van der Waals surface area contributed by atoms with E-state index >= 15 is 0 Å². The van der Waals surface area contributed by atoms with E-state index in [9.17, 15) is 0 Å². The first-order valence-corrected chi connectivity index (χ1v) is 5.64. The average Bonchev–Trinajstić information content (AvgIpc) is 2.33. The molecule has 2 rings (SSSR count). The molecule has 3 N–H and O–H groups in total. The maximum atomic E-state index is 5.93. The summed E-state index contributed by atoms with van der Waals surface area (Å²) in [5, 5.41) is 3.70. The van der Waals surface area contributed by atoms with Crippen molar-refractivity contribution in [3.05, 3.63) is 36.7 Å². The summed E-state index contributed by atoms with van der Waals surface area (Å²) in [4.78, 5) is 9.31. The predicted octanol–water partition coefficient (Wildman–Crippen LogP) is 2.25. The zero-order valence-corrected chi connectivity index (χ0v) is 9.66. The molecular formula is C11H12N4S. The molecule has 4 nitrogen and oxygen atoms in total. The normalized spacial score (nSPS) is 10.1. The fraction of sp³-hybridized carbons (Fsp3) is 0.0909. The van der Waals surface area contributed by atoms with Gasteiger partial charge in [0.15, 0.2) is 5.82 Å². The van der Waals surface area contributed by atoms with E-state index in [-0.39, 0.29) is 0 Å². The van der Waals surface area contributed by atoms with Crippen LogP contribution >= 0.6 is 11.8 Å². The van der Waals surface area contributed by atoms with Gasteiger partial charge in [-0.15, -0.1) is 0 Å². The Morgan fingerprint density at radius 1 is 1.19 bits per heavy atom. The Labute approximate surface area is 98.3 Å². The van der Waals surface area contributed by atoms with Crippen LogP contribution in [0.4, 0.5) is 11.5 Å². The fourth-order valence-electron chi connectivity index (χ4n) is 1.26. The van der Waals surface area contributed by atoms with E-state index < -0.39 is 0 Å². The summed E-state index contributed by atoms with van der Waals surface area (Å²) in [6.45, 7) is 0. The molecule has 0 fully saturated rings. The van der Waals surface area contributed by atoms with Crippen molar-refractivity contribution in [3.8, 4) is 0 Å². The summed E-state index contributed by atoms with van der Waals surface area (Å²) >= 11 is 1.53. The molecule has 0 unspecified atom stereocenters. The van der Waals surface area contributed by atoms with Crippen LogP contribution < -0.4 is 11.1 Å². The minimum Gasteiger partial charge on any atom is -0.394 e. The van der Waals surface area contributed by atoms with Crippen LogP contribution in [0.25, 0.3) is 0 Å². The number of benzene rings is 1. The third-order valence-corrected chi connectivity index (χ3v) is 3.07. The van der Waals surface area contributed by atoms with Gasteiger partial charge < -0.3 is 11.1 Å². The number of nitrogen functional groups attached to an aromatic ring is 1. The number of hydrogen-bond acceptors (Lipinski definition) is 5. The van der Waals surface area contributed by atoms with Crippen molar-refractivity contribution in [1.82, 2.24) is 9.97 Å². The highest BCUT2D eigenvalue weighted by Crippen LogP contribution is 2.32. The van der Waals surface area contributed by atoms with Gasteiger partial charge in [0.05, 0.1) is 0 Å². The van der Waals surface area contributed by atoms with Gasteiger partial charge in [-0.1, -0.05) is 30.0 Å². The topological polar surface area (TPSA) is 63.8 Å². The lowest BCUT2D eigenvalue weighted by molar-refractivity contribution is 1.05. The summed E-state index contributed by atoms with van der Waals surface area (Å²) in [5.41, 5.74) is 6.52. The highest BCUT2D eigenvalue weighted by atomic mass is 32.2. The van der Waals surface area contributed by atoms with Crippen LogP contribution in [-0.4, -0.2) is 17.0 Å². The third kappa shape index (κ3) is 2.25. The second kappa shape index (κ2) is 4.85. The maximum absolute atomic E-state index is 5.93. The van der Waals surface area contributed by atoms with Crippen molar-refractivity contribution in [2.24, 2.45) is 0 Å². The summed E-state index contributed by atoms with van der Waals surface area (Å²) in [6.07, 6.45) is 1.51. The molecule has 0 bridgehead atoms. The van der Waals surface area contributed by atoms with Gasteiger partial charge in [-0.25, -0.2) is 9.97 Å². The molecule has 0 spiro atoms. The van der Waals surface area contributed by atoms with Crippen molar-refractivity contribution >= 4 is 23.3 Å². The maximum Gasteiger partial charge on any atom is 0.153 e. The Balaban J connectivity index is 2.28. The number of aromatic nitrogens is 2. The predicted molar refractivity (Wildman–Crippen MR) is 66.6 cm³/mol. The Morgan fingerprint density at radius 3 is 2.62 bits per heavy atom. The summed E-state index contributed by atoms with van der Waals surface area (Å²) in [5.74, 6) is 0.661. The number of hydrogen-bond donors (Lipinski definition) is 2. The Morgan fingerprint density at radius 2 is 1.94 bits per heavy atom. The highest BCUT2D eigenvalue weighted by molar-refractivity contribution is 7.99. The van der Waals surface area contributed by atoms with Gasteiger partial charge in [-0.05, 0) is 12.1 Å². The van der Waals surface area contributed by atoms with Crippen molar-refractivity contribution in [3.63, 3.8) is 0 Å². The van der Waals surface area contributed by atoms with Crippen LogP contribution in [0.3, 0.4) is 0 Å². The standard InChI is InChI=1S/C11H12N4S/c1-13-10-9(12)11(15-7-14-10)16-8-5-3-2-4-6-8/h2-7H,12H2,1H3,(H,13,14,15). The van der Waals surface area contributed by atoms with Crippen molar-refractivity contribution < 1.29 is 0 Å². The first-order chi connectivity index (χ1) is 7.81. The van der Waals surface area contributed by atoms with Crippen molar-refractivity contribution in [2.75, 3.05) is 18.1 Å². The molecule has 0 aliphatic rings. The van der Waals surface area contributed by atoms with E-state index in [1.54, 1.807) is 7.05 Å². The quantitative estimate of drug-likeness (QED) is 0.795. The van der Waals surface area contributed by atoms with Crippen molar-refractivity contribution in [1.29, 1.82) is 0 Å². The van der Waals surface area contributed by atoms with E-state index in [0.29, 0.717) is 11.5 Å². The van der Waals surface area contributed by atoms with E-state index in [2.05, 4.69) is 15.3 Å².